The monoisotopic (exact) mass is 327 g/mol. The molecule has 0 spiro atoms. The maximum Gasteiger partial charge on any atom is 0.394 e. The van der Waals surface area contributed by atoms with Crippen molar-refractivity contribution < 1.29 is 26.7 Å². The van der Waals surface area contributed by atoms with E-state index >= 15 is 0 Å². The minimum atomic E-state index is -4.67. The molecule has 6 nitrogen and oxygen atoms in total. The number of halogens is 1. The highest BCUT2D eigenvalue weighted by Crippen LogP contribution is 2.21. The van der Waals surface area contributed by atoms with Gasteiger partial charge in [0.2, 0.25) is 0 Å². The molecule has 8 heteroatoms. The summed E-state index contributed by atoms with van der Waals surface area (Å²) in [6, 6.07) is 0. The summed E-state index contributed by atoms with van der Waals surface area (Å²) in [5.41, 5.74) is -0.549. The van der Waals surface area contributed by atoms with Gasteiger partial charge < -0.3 is 4.90 Å². The molecule has 0 aromatic rings. The molecular formula is C13H26FNO5S. The van der Waals surface area contributed by atoms with Gasteiger partial charge in [0.05, 0.1) is 0 Å². The highest BCUT2D eigenvalue weighted by atomic mass is 32.3. The normalized spacial score (nSPS) is 18.0. The highest BCUT2D eigenvalue weighted by molar-refractivity contribution is 7.79. The van der Waals surface area contributed by atoms with Crippen LogP contribution in [0, 0.1) is 5.41 Å². The Balaban J connectivity index is 0.000000690. The standard InChI is InChI=1S/C13H24FNO.H2O4S/c1-13(2,3)12(16)11(14)7-6-10-15-8-4-5-9-15;1-5(2,3)4/h11H,4-10H2,1-3H3;(H2,1,2,3,4)/t11-;/m1./s1. The van der Waals surface area contributed by atoms with Gasteiger partial charge in [-0.2, -0.15) is 8.42 Å². The average Bonchev–Trinajstić information content (AvgIpc) is 2.77. The Bertz CT molecular complexity index is 405. The van der Waals surface area contributed by atoms with Crippen LogP contribution >= 0.6 is 0 Å². The van der Waals surface area contributed by atoms with E-state index in [-0.39, 0.29) is 5.78 Å². The number of alkyl halides is 1. The second-order valence-electron chi connectivity index (χ2n) is 6.22. The number of Topliss-reactive ketones (excluding diaryl/α,β-unsaturated/α-hetero) is 1. The van der Waals surface area contributed by atoms with E-state index in [1.807, 2.05) is 0 Å². The van der Waals surface area contributed by atoms with Crippen molar-refractivity contribution in [3.8, 4) is 0 Å². The molecule has 126 valence electrons. The van der Waals surface area contributed by atoms with Crippen molar-refractivity contribution in [1.29, 1.82) is 0 Å². The van der Waals surface area contributed by atoms with Crippen molar-refractivity contribution in [3.05, 3.63) is 0 Å². The van der Waals surface area contributed by atoms with Gasteiger partial charge in [-0.3, -0.25) is 13.9 Å². The summed E-state index contributed by atoms with van der Waals surface area (Å²) in [5, 5.41) is 0. The van der Waals surface area contributed by atoms with Crippen LogP contribution < -0.4 is 0 Å². The fraction of sp³-hybridized carbons (Fsp3) is 0.923. The van der Waals surface area contributed by atoms with E-state index in [0.717, 1.165) is 26.1 Å². The predicted molar refractivity (Wildman–Crippen MR) is 78.4 cm³/mol. The fourth-order valence-corrected chi connectivity index (χ4v) is 2.10. The van der Waals surface area contributed by atoms with E-state index in [2.05, 4.69) is 4.90 Å². The van der Waals surface area contributed by atoms with Crippen LogP contribution in [0.5, 0.6) is 0 Å². The summed E-state index contributed by atoms with van der Waals surface area (Å²) in [6.45, 7) is 8.57. The number of likely N-dealkylation sites (tertiary alicyclic amines) is 1. The molecule has 1 rings (SSSR count). The Morgan fingerprint density at radius 2 is 1.67 bits per heavy atom. The molecule has 0 unspecified atom stereocenters. The first kappa shape index (κ1) is 20.4. The molecule has 1 fully saturated rings. The van der Waals surface area contributed by atoms with Crippen LogP contribution in [-0.4, -0.2) is 54.0 Å². The predicted octanol–water partition coefficient (Wildman–Crippen LogP) is 2.16. The van der Waals surface area contributed by atoms with E-state index in [0.29, 0.717) is 6.42 Å². The number of hydrogen-bond donors (Lipinski definition) is 2. The number of nitrogens with zero attached hydrogens (tertiary/aromatic N) is 1. The summed E-state index contributed by atoms with van der Waals surface area (Å²) in [4.78, 5) is 14.0. The van der Waals surface area contributed by atoms with Crippen molar-refractivity contribution in [3.63, 3.8) is 0 Å². The van der Waals surface area contributed by atoms with E-state index in [9.17, 15) is 9.18 Å². The summed E-state index contributed by atoms with van der Waals surface area (Å²) in [7, 11) is -4.67. The maximum absolute atomic E-state index is 13.6. The second-order valence-corrected chi connectivity index (χ2v) is 7.12. The van der Waals surface area contributed by atoms with Gasteiger partial charge in [-0.15, -0.1) is 0 Å². The Morgan fingerprint density at radius 3 is 2.05 bits per heavy atom. The molecule has 0 aliphatic carbocycles. The summed E-state index contributed by atoms with van der Waals surface area (Å²) < 4.78 is 45.2. The molecule has 2 N–H and O–H groups in total. The van der Waals surface area contributed by atoms with Crippen LogP contribution in [0.4, 0.5) is 4.39 Å². The smallest absolute Gasteiger partial charge is 0.303 e. The van der Waals surface area contributed by atoms with Crippen molar-refractivity contribution in [2.24, 2.45) is 5.41 Å². The Kier molecular flexibility index (Phi) is 8.53. The SMILES string of the molecule is CC(C)(C)C(=O)[C@H](F)CCCN1CCCC1.O=S(=O)(O)O. The van der Waals surface area contributed by atoms with Crippen LogP contribution in [0.3, 0.4) is 0 Å². The summed E-state index contributed by atoms with van der Waals surface area (Å²) >= 11 is 0. The van der Waals surface area contributed by atoms with E-state index in [1.54, 1.807) is 20.8 Å². The Morgan fingerprint density at radius 1 is 1.24 bits per heavy atom. The van der Waals surface area contributed by atoms with Gasteiger partial charge in [0, 0.05) is 5.41 Å². The number of carbonyl (C=O) groups is 1. The quantitative estimate of drug-likeness (QED) is 0.751. The molecule has 0 aromatic heterocycles. The molecule has 0 saturated carbocycles. The largest absolute Gasteiger partial charge is 0.394 e. The minimum absolute atomic E-state index is 0.256. The van der Waals surface area contributed by atoms with Gasteiger partial charge in [-0.1, -0.05) is 20.8 Å². The van der Waals surface area contributed by atoms with Gasteiger partial charge >= 0.3 is 10.4 Å². The van der Waals surface area contributed by atoms with Gasteiger partial charge in [-0.05, 0) is 45.3 Å². The van der Waals surface area contributed by atoms with E-state index < -0.39 is 22.0 Å². The Labute approximate surface area is 126 Å². The van der Waals surface area contributed by atoms with Crippen LogP contribution in [0.15, 0.2) is 0 Å². The lowest BCUT2D eigenvalue weighted by Gasteiger charge is -2.20. The first-order valence-corrected chi connectivity index (χ1v) is 8.41. The molecule has 1 heterocycles. The summed E-state index contributed by atoms with van der Waals surface area (Å²) in [5.74, 6) is -0.256. The number of carbonyl (C=O) groups excluding carboxylic acids is 1. The lowest BCUT2D eigenvalue weighted by molar-refractivity contribution is -0.131. The molecule has 0 amide bonds. The van der Waals surface area contributed by atoms with Crippen molar-refractivity contribution in [2.45, 2.75) is 52.6 Å². The molecule has 1 saturated heterocycles. The molecule has 1 aliphatic heterocycles. The molecule has 1 aliphatic rings. The lowest BCUT2D eigenvalue weighted by Crippen LogP contribution is -2.30. The molecule has 1 atom stereocenters. The van der Waals surface area contributed by atoms with Gasteiger partial charge in [0.1, 0.15) is 0 Å². The highest BCUT2D eigenvalue weighted by Gasteiger charge is 2.29. The number of rotatable bonds is 5. The third-order valence-corrected chi connectivity index (χ3v) is 3.15. The zero-order valence-corrected chi connectivity index (χ0v) is 13.7. The second kappa shape index (κ2) is 8.77. The van der Waals surface area contributed by atoms with E-state index in [4.69, 9.17) is 17.5 Å². The average molecular weight is 327 g/mol. The van der Waals surface area contributed by atoms with Crippen LogP contribution in [0.1, 0.15) is 46.5 Å². The van der Waals surface area contributed by atoms with E-state index in [1.165, 1.54) is 12.8 Å². The minimum Gasteiger partial charge on any atom is -0.303 e. The van der Waals surface area contributed by atoms with Crippen LogP contribution in [0.2, 0.25) is 0 Å². The first-order chi connectivity index (χ1) is 9.41. The first-order valence-electron chi connectivity index (χ1n) is 7.02. The van der Waals surface area contributed by atoms with Gasteiger partial charge in [0.25, 0.3) is 0 Å². The van der Waals surface area contributed by atoms with Crippen molar-refractivity contribution in [2.75, 3.05) is 19.6 Å². The summed E-state index contributed by atoms with van der Waals surface area (Å²) in [6.07, 6.45) is 2.43. The Hall–Kier alpha value is -0.570. The van der Waals surface area contributed by atoms with Crippen LogP contribution in [0.25, 0.3) is 0 Å². The fourth-order valence-electron chi connectivity index (χ4n) is 2.10. The maximum atomic E-state index is 13.6. The van der Waals surface area contributed by atoms with Crippen molar-refractivity contribution >= 4 is 16.2 Å². The third kappa shape index (κ3) is 11.7. The lowest BCUT2D eigenvalue weighted by atomic mass is 9.87. The molecule has 0 aromatic carbocycles. The molecular weight excluding hydrogens is 301 g/mol. The molecule has 21 heavy (non-hydrogen) atoms. The molecule has 0 bridgehead atoms. The number of hydrogen-bond acceptors (Lipinski definition) is 4. The number of ketones is 1. The van der Waals surface area contributed by atoms with Crippen molar-refractivity contribution in [1.82, 2.24) is 4.90 Å². The third-order valence-electron chi connectivity index (χ3n) is 3.15. The zero-order chi connectivity index (χ0) is 16.7. The topological polar surface area (TPSA) is 94.9 Å². The van der Waals surface area contributed by atoms with Crippen LogP contribution in [-0.2, 0) is 15.2 Å². The van der Waals surface area contributed by atoms with Gasteiger partial charge in [0.15, 0.2) is 12.0 Å². The molecule has 0 radical (unpaired) electrons. The zero-order valence-electron chi connectivity index (χ0n) is 12.9. The van der Waals surface area contributed by atoms with Gasteiger partial charge in [-0.25, -0.2) is 4.39 Å².